The zero-order valence-electron chi connectivity index (χ0n) is 15.4. The molecule has 2 heterocycles. The van der Waals surface area contributed by atoms with Gasteiger partial charge in [0.15, 0.2) is 12.4 Å². The van der Waals surface area contributed by atoms with Crippen molar-refractivity contribution in [3.8, 4) is 5.75 Å². The maximum Gasteiger partial charge on any atom is 0.260 e. The van der Waals surface area contributed by atoms with Crippen molar-refractivity contribution >= 4 is 34.2 Å². The van der Waals surface area contributed by atoms with Crippen LogP contribution in [0.15, 0.2) is 54.7 Å². The van der Waals surface area contributed by atoms with Gasteiger partial charge in [-0.2, -0.15) is 0 Å². The summed E-state index contributed by atoms with van der Waals surface area (Å²) in [5.74, 6) is 0.650. The number of aromatic nitrogens is 1. The second-order valence-electron chi connectivity index (χ2n) is 7.01. The van der Waals surface area contributed by atoms with Crippen LogP contribution < -0.4 is 4.74 Å². The molecule has 1 N–H and O–H groups in total. The number of carbonyl (C=O) groups excluding carboxylic acids is 2. The molecule has 0 aliphatic carbocycles. The summed E-state index contributed by atoms with van der Waals surface area (Å²) in [4.78, 5) is 30.3. The summed E-state index contributed by atoms with van der Waals surface area (Å²) in [6.07, 6.45) is 3.14. The number of hydrogen-bond acceptors (Lipinski definition) is 3. The Balaban J connectivity index is 1.32. The van der Waals surface area contributed by atoms with Crippen molar-refractivity contribution in [3.63, 3.8) is 0 Å². The van der Waals surface area contributed by atoms with Crippen LogP contribution in [-0.4, -0.2) is 41.3 Å². The lowest BCUT2D eigenvalue weighted by molar-refractivity contribution is -0.134. The number of nitrogens with one attached hydrogen (secondary N) is 1. The number of Topliss-reactive ketones (excluding diaryl/α,β-unsaturated/α-hetero) is 1. The van der Waals surface area contributed by atoms with E-state index in [4.69, 9.17) is 16.3 Å². The monoisotopic (exact) mass is 396 g/mol. The number of carbonyl (C=O) groups is 2. The third kappa shape index (κ3) is 3.90. The van der Waals surface area contributed by atoms with Gasteiger partial charge >= 0.3 is 0 Å². The van der Waals surface area contributed by atoms with Crippen molar-refractivity contribution in [1.29, 1.82) is 0 Å². The summed E-state index contributed by atoms with van der Waals surface area (Å²) >= 11 is 5.84. The number of hydrogen-bond donors (Lipinski definition) is 1. The topological polar surface area (TPSA) is 62.4 Å². The van der Waals surface area contributed by atoms with Crippen molar-refractivity contribution < 1.29 is 14.3 Å². The van der Waals surface area contributed by atoms with Gasteiger partial charge in [-0.05, 0) is 43.2 Å². The third-order valence-electron chi connectivity index (χ3n) is 5.25. The highest BCUT2D eigenvalue weighted by Crippen LogP contribution is 2.26. The Hall–Kier alpha value is -2.79. The average molecular weight is 397 g/mol. The highest BCUT2D eigenvalue weighted by atomic mass is 35.5. The predicted molar refractivity (Wildman–Crippen MR) is 109 cm³/mol. The van der Waals surface area contributed by atoms with E-state index in [1.54, 1.807) is 35.4 Å². The number of ether oxygens (including phenoxy) is 1. The molecule has 28 heavy (non-hydrogen) atoms. The van der Waals surface area contributed by atoms with E-state index in [0.29, 0.717) is 36.7 Å². The summed E-state index contributed by atoms with van der Waals surface area (Å²) in [6.45, 7) is 1.13. The van der Waals surface area contributed by atoms with E-state index in [1.165, 1.54) is 0 Å². The Morgan fingerprint density at radius 1 is 1.07 bits per heavy atom. The highest BCUT2D eigenvalue weighted by Gasteiger charge is 2.29. The van der Waals surface area contributed by atoms with E-state index in [1.807, 2.05) is 24.3 Å². The predicted octanol–water partition coefficient (Wildman–Crippen LogP) is 4.32. The smallest absolute Gasteiger partial charge is 0.260 e. The lowest BCUT2D eigenvalue weighted by atomic mass is 9.88. The molecule has 1 fully saturated rings. The number of para-hydroxylation sites is 1. The van der Waals surface area contributed by atoms with Crippen LogP contribution in [-0.2, 0) is 4.79 Å². The van der Waals surface area contributed by atoms with Crippen molar-refractivity contribution in [2.45, 2.75) is 12.8 Å². The van der Waals surface area contributed by atoms with Crippen LogP contribution in [0.25, 0.3) is 10.9 Å². The molecule has 0 saturated carbocycles. The van der Waals surface area contributed by atoms with Crippen LogP contribution >= 0.6 is 11.6 Å². The number of halogens is 1. The summed E-state index contributed by atoms with van der Waals surface area (Å²) < 4.78 is 5.54. The van der Waals surface area contributed by atoms with Gasteiger partial charge in [0.25, 0.3) is 5.91 Å². The molecule has 3 aromatic rings. The Morgan fingerprint density at radius 2 is 1.79 bits per heavy atom. The van der Waals surface area contributed by atoms with E-state index in [9.17, 15) is 9.59 Å². The highest BCUT2D eigenvalue weighted by molar-refractivity contribution is 6.30. The van der Waals surface area contributed by atoms with Crippen molar-refractivity contribution in [3.05, 3.63) is 65.3 Å². The van der Waals surface area contributed by atoms with Crippen molar-refractivity contribution in [1.82, 2.24) is 9.88 Å². The maximum absolute atomic E-state index is 12.9. The SMILES string of the molecule is O=C(c1c[nH]c2ccccc12)C1CCN(C(=O)COc2ccc(Cl)cc2)CC1. The Morgan fingerprint density at radius 3 is 2.54 bits per heavy atom. The molecule has 1 amide bonds. The second kappa shape index (κ2) is 8.07. The van der Waals surface area contributed by atoms with Crippen LogP contribution in [0.4, 0.5) is 0 Å². The zero-order chi connectivity index (χ0) is 19.5. The van der Waals surface area contributed by atoms with Gasteiger partial charge in [0.05, 0.1) is 0 Å². The van der Waals surface area contributed by atoms with Crippen LogP contribution in [0.5, 0.6) is 5.75 Å². The van der Waals surface area contributed by atoms with Gasteiger partial charge in [0, 0.05) is 46.7 Å². The Labute approximate surface area is 168 Å². The molecule has 0 unspecified atom stereocenters. The molecule has 1 aliphatic rings. The summed E-state index contributed by atoms with van der Waals surface area (Å²) in [5, 5.41) is 1.59. The number of H-pyrrole nitrogens is 1. The largest absolute Gasteiger partial charge is 0.484 e. The van der Waals surface area contributed by atoms with Gasteiger partial charge in [-0.25, -0.2) is 0 Å². The number of benzene rings is 2. The fourth-order valence-corrected chi connectivity index (χ4v) is 3.78. The molecule has 6 heteroatoms. The second-order valence-corrected chi connectivity index (χ2v) is 7.45. The molecular weight excluding hydrogens is 376 g/mol. The van der Waals surface area contributed by atoms with Gasteiger partial charge in [-0.15, -0.1) is 0 Å². The average Bonchev–Trinajstić information content (AvgIpc) is 3.17. The van der Waals surface area contributed by atoms with E-state index >= 15 is 0 Å². The number of rotatable bonds is 5. The first kappa shape index (κ1) is 18.6. The number of nitrogens with zero attached hydrogens (tertiary/aromatic N) is 1. The molecule has 0 bridgehead atoms. The van der Waals surface area contributed by atoms with E-state index in [-0.39, 0.29) is 24.2 Å². The lowest BCUT2D eigenvalue weighted by Gasteiger charge is -2.31. The van der Waals surface area contributed by atoms with Crippen LogP contribution in [0.1, 0.15) is 23.2 Å². The van der Waals surface area contributed by atoms with Crippen LogP contribution in [0, 0.1) is 5.92 Å². The summed E-state index contributed by atoms with van der Waals surface area (Å²) in [7, 11) is 0. The molecule has 2 aromatic carbocycles. The van der Waals surface area contributed by atoms with Gasteiger partial charge in [0.2, 0.25) is 0 Å². The normalized spacial score (nSPS) is 15.0. The van der Waals surface area contributed by atoms with E-state index in [2.05, 4.69) is 4.98 Å². The van der Waals surface area contributed by atoms with Crippen molar-refractivity contribution in [2.75, 3.05) is 19.7 Å². The van der Waals surface area contributed by atoms with Gasteiger partial charge < -0.3 is 14.6 Å². The van der Waals surface area contributed by atoms with Crippen LogP contribution in [0.3, 0.4) is 0 Å². The van der Waals surface area contributed by atoms with Gasteiger partial charge in [0.1, 0.15) is 5.75 Å². The maximum atomic E-state index is 12.9. The van der Waals surface area contributed by atoms with Gasteiger partial charge in [-0.1, -0.05) is 29.8 Å². The molecule has 1 saturated heterocycles. The Kier molecular flexibility index (Phi) is 5.35. The lowest BCUT2D eigenvalue weighted by Crippen LogP contribution is -2.42. The number of aromatic amines is 1. The first-order valence-corrected chi connectivity index (χ1v) is 9.76. The minimum atomic E-state index is -0.0621. The fourth-order valence-electron chi connectivity index (χ4n) is 3.65. The summed E-state index contributed by atoms with van der Waals surface area (Å²) in [6, 6.07) is 14.7. The van der Waals surface area contributed by atoms with Crippen LogP contribution in [0.2, 0.25) is 5.02 Å². The first-order chi connectivity index (χ1) is 13.6. The standard InChI is InChI=1S/C22H21ClN2O3/c23-16-5-7-17(8-6-16)28-14-21(26)25-11-9-15(10-12-25)22(27)19-13-24-20-4-2-1-3-18(19)20/h1-8,13,15,24H,9-12,14H2. The zero-order valence-corrected chi connectivity index (χ0v) is 16.1. The fraction of sp³-hybridized carbons (Fsp3) is 0.273. The number of piperidine rings is 1. The molecule has 144 valence electrons. The van der Waals surface area contributed by atoms with E-state index in [0.717, 1.165) is 16.5 Å². The number of likely N-dealkylation sites (tertiary alicyclic amines) is 1. The molecule has 1 aliphatic heterocycles. The number of ketones is 1. The molecule has 1 aromatic heterocycles. The molecule has 0 radical (unpaired) electrons. The van der Waals surface area contributed by atoms with E-state index < -0.39 is 0 Å². The van der Waals surface area contributed by atoms with Crippen molar-refractivity contribution in [2.24, 2.45) is 5.92 Å². The third-order valence-corrected chi connectivity index (χ3v) is 5.50. The minimum absolute atomic E-state index is 0.0112. The first-order valence-electron chi connectivity index (χ1n) is 9.38. The minimum Gasteiger partial charge on any atom is -0.484 e. The molecular formula is C22H21ClN2O3. The number of fused-ring (bicyclic) bond motifs is 1. The quantitative estimate of drug-likeness (QED) is 0.653. The summed E-state index contributed by atoms with van der Waals surface area (Å²) in [5.41, 5.74) is 1.71. The molecule has 4 rings (SSSR count). The van der Waals surface area contributed by atoms with Gasteiger partial charge in [-0.3, -0.25) is 9.59 Å². The Bertz CT molecular complexity index is 988. The molecule has 0 atom stereocenters. The molecule has 5 nitrogen and oxygen atoms in total. The number of amides is 1. The molecule has 0 spiro atoms.